The van der Waals surface area contributed by atoms with E-state index in [1.807, 2.05) is 0 Å². The summed E-state index contributed by atoms with van der Waals surface area (Å²) in [4.78, 5) is 13.1. The Morgan fingerprint density at radius 1 is 1.32 bits per heavy atom. The molecule has 11 heteroatoms. The number of rotatable bonds is 4. The molecule has 0 amide bonds. The Hall–Kier alpha value is -1.98. The van der Waals surface area contributed by atoms with Crippen LogP contribution in [0.1, 0.15) is 0 Å². The quantitative estimate of drug-likeness (QED) is 0.558. The highest BCUT2D eigenvalue weighted by molar-refractivity contribution is 9.10. The van der Waals surface area contributed by atoms with Crippen molar-refractivity contribution in [3.8, 4) is 0 Å². The summed E-state index contributed by atoms with van der Waals surface area (Å²) >= 11 is 3.11. The number of alkyl halides is 3. The van der Waals surface area contributed by atoms with Crippen molar-refractivity contribution in [2.75, 3.05) is 18.5 Å². The zero-order valence-electron chi connectivity index (χ0n) is 12.4. The van der Waals surface area contributed by atoms with Gasteiger partial charge in [0.1, 0.15) is 11.6 Å². The molecule has 0 fully saturated rings. The van der Waals surface area contributed by atoms with Crippen LogP contribution >= 0.6 is 15.9 Å². The van der Waals surface area contributed by atoms with E-state index in [2.05, 4.69) is 26.2 Å². The number of halogens is 5. The van der Waals surface area contributed by atoms with Crippen LogP contribution in [0.4, 0.5) is 23.4 Å². The summed E-state index contributed by atoms with van der Waals surface area (Å²) in [5, 5.41) is 28.7. The Kier molecular flexibility index (Phi) is 7.52. The normalized spacial score (nSPS) is 12.3. The molecule has 4 N–H and O–H groups in total. The molecule has 0 aliphatic rings. The molecule has 1 aromatic carbocycles. The number of pyridine rings is 1. The zero-order valence-corrected chi connectivity index (χ0v) is 14.0. The van der Waals surface area contributed by atoms with Crippen LogP contribution in [0.3, 0.4) is 0 Å². The molecule has 2 rings (SSSR count). The van der Waals surface area contributed by atoms with E-state index in [4.69, 9.17) is 15.0 Å². The number of hydrogen-bond donors (Lipinski definition) is 4. The second-order valence-corrected chi connectivity index (χ2v) is 5.53. The predicted octanol–water partition coefficient (Wildman–Crippen LogP) is 2.53. The third-order valence-electron chi connectivity index (χ3n) is 2.70. The second kappa shape index (κ2) is 8.92. The maximum absolute atomic E-state index is 13.4. The molecule has 0 radical (unpaired) electrons. The lowest BCUT2D eigenvalue weighted by Crippen LogP contribution is -2.23. The van der Waals surface area contributed by atoms with E-state index >= 15 is 0 Å². The number of carboxylic acids is 1. The summed E-state index contributed by atoms with van der Waals surface area (Å²) in [5.41, 5.74) is 0.527. The van der Waals surface area contributed by atoms with Crippen molar-refractivity contribution in [3.63, 3.8) is 0 Å². The molecule has 0 aliphatic heterocycles. The van der Waals surface area contributed by atoms with Gasteiger partial charge in [0.15, 0.2) is 0 Å². The van der Waals surface area contributed by atoms with Crippen LogP contribution < -0.4 is 5.32 Å². The minimum absolute atomic E-state index is 0.189. The molecule has 25 heavy (non-hydrogen) atoms. The molecular weight excluding hydrogens is 416 g/mol. The van der Waals surface area contributed by atoms with E-state index in [-0.39, 0.29) is 19.0 Å². The molecule has 0 bridgehead atoms. The van der Waals surface area contributed by atoms with E-state index in [1.54, 1.807) is 18.2 Å². The van der Waals surface area contributed by atoms with Crippen molar-refractivity contribution in [3.05, 3.63) is 34.6 Å². The summed E-state index contributed by atoms with van der Waals surface area (Å²) in [7, 11) is 0. The number of anilines is 1. The highest BCUT2D eigenvalue weighted by Crippen LogP contribution is 2.23. The highest BCUT2D eigenvalue weighted by atomic mass is 79.9. The lowest BCUT2D eigenvalue weighted by Gasteiger charge is -2.10. The Labute approximate surface area is 147 Å². The van der Waals surface area contributed by atoms with Gasteiger partial charge in [0.05, 0.1) is 22.7 Å². The van der Waals surface area contributed by atoms with E-state index in [0.717, 1.165) is 5.39 Å². The fourth-order valence-electron chi connectivity index (χ4n) is 1.50. The zero-order chi connectivity index (χ0) is 19.2. The minimum atomic E-state index is -5.08. The standard InChI is InChI=1S/C12H12BrFN2O2.C2HF3O2/c13-9-3-7-1-2-12(15-5-8(18)6-17)16-11(7)4-10(9)14;3-2(4,5)1(6)7/h1-4,8,17-18H,5-6H2,(H,15,16);(H,6,7). The van der Waals surface area contributed by atoms with Crippen molar-refractivity contribution < 1.29 is 37.7 Å². The maximum atomic E-state index is 13.4. The third-order valence-corrected chi connectivity index (χ3v) is 3.31. The smallest absolute Gasteiger partial charge is 0.475 e. The Morgan fingerprint density at radius 2 is 1.92 bits per heavy atom. The summed E-state index contributed by atoms with van der Waals surface area (Å²) in [5.74, 6) is -2.60. The molecule has 1 aromatic heterocycles. The first-order valence-electron chi connectivity index (χ1n) is 6.63. The number of benzene rings is 1. The van der Waals surface area contributed by atoms with Crippen LogP contribution in [0.5, 0.6) is 0 Å². The third kappa shape index (κ3) is 6.80. The van der Waals surface area contributed by atoms with Crippen LogP contribution in [-0.2, 0) is 4.79 Å². The monoisotopic (exact) mass is 428 g/mol. The van der Waals surface area contributed by atoms with Crippen molar-refractivity contribution in [2.45, 2.75) is 12.3 Å². The van der Waals surface area contributed by atoms with Gasteiger partial charge in [-0.2, -0.15) is 13.2 Å². The van der Waals surface area contributed by atoms with Crippen LogP contribution in [-0.4, -0.2) is 51.7 Å². The number of fused-ring (bicyclic) bond motifs is 1. The first kappa shape index (κ1) is 21.1. The lowest BCUT2D eigenvalue weighted by molar-refractivity contribution is -0.192. The van der Waals surface area contributed by atoms with Crippen LogP contribution in [0, 0.1) is 5.82 Å². The first-order valence-corrected chi connectivity index (χ1v) is 7.42. The van der Waals surface area contributed by atoms with E-state index < -0.39 is 18.2 Å². The van der Waals surface area contributed by atoms with Crippen molar-refractivity contribution in [1.82, 2.24) is 4.98 Å². The van der Waals surface area contributed by atoms with Crippen molar-refractivity contribution >= 4 is 38.6 Å². The number of aliphatic hydroxyl groups excluding tert-OH is 2. The first-order chi connectivity index (χ1) is 11.5. The van der Waals surface area contributed by atoms with Gasteiger partial charge in [-0.15, -0.1) is 0 Å². The molecular formula is C14H13BrF4N2O4. The molecule has 2 aromatic rings. The van der Waals surface area contributed by atoms with Gasteiger partial charge >= 0.3 is 12.1 Å². The van der Waals surface area contributed by atoms with Crippen LogP contribution in [0.2, 0.25) is 0 Å². The van der Waals surface area contributed by atoms with Crippen LogP contribution in [0.25, 0.3) is 10.9 Å². The number of carboxylic acid groups (broad SMARTS) is 1. The van der Waals surface area contributed by atoms with Gasteiger partial charge in [-0.25, -0.2) is 14.2 Å². The summed E-state index contributed by atoms with van der Waals surface area (Å²) in [6.07, 6.45) is -5.93. The minimum Gasteiger partial charge on any atom is -0.475 e. The Balaban J connectivity index is 0.000000381. The average Bonchev–Trinajstić information content (AvgIpc) is 2.53. The molecule has 0 saturated heterocycles. The summed E-state index contributed by atoms with van der Waals surface area (Å²) in [6.45, 7) is -0.129. The van der Waals surface area contributed by atoms with Gasteiger partial charge in [-0.3, -0.25) is 0 Å². The van der Waals surface area contributed by atoms with Crippen LogP contribution in [0.15, 0.2) is 28.7 Å². The topological polar surface area (TPSA) is 103 Å². The number of aromatic nitrogens is 1. The molecule has 1 unspecified atom stereocenters. The number of hydrogen-bond acceptors (Lipinski definition) is 5. The Morgan fingerprint density at radius 3 is 2.44 bits per heavy atom. The number of aliphatic hydroxyl groups is 2. The number of nitrogens with one attached hydrogen (secondary N) is 1. The van der Waals surface area contributed by atoms with Gasteiger partial charge < -0.3 is 20.6 Å². The second-order valence-electron chi connectivity index (χ2n) is 4.68. The molecule has 1 heterocycles. The largest absolute Gasteiger partial charge is 0.490 e. The summed E-state index contributed by atoms with van der Waals surface area (Å²) in [6, 6.07) is 6.54. The number of aliphatic carboxylic acids is 1. The summed E-state index contributed by atoms with van der Waals surface area (Å²) < 4.78 is 45.5. The van der Waals surface area contributed by atoms with Gasteiger partial charge in [0.25, 0.3) is 0 Å². The SMILES string of the molecule is O=C(O)C(F)(F)F.OCC(O)CNc1ccc2cc(Br)c(F)cc2n1. The van der Waals surface area contributed by atoms with E-state index in [1.165, 1.54) is 6.07 Å². The maximum Gasteiger partial charge on any atom is 0.490 e. The molecule has 138 valence electrons. The van der Waals surface area contributed by atoms with Gasteiger partial charge in [-0.1, -0.05) is 0 Å². The molecule has 1 atom stereocenters. The molecule has 0 aliphatic carbocycles. The Bertz CT molecular complexity index is 743. The lowest BCUT2D eigenvalue weighted by atomic mass is 10.2. The molecule has 0 saturated carbocycles. The van der Waals surface area contributed by atoms with Crippen molar-refractivity contribution in [2.24, 2.45) is 0 Å². The van der Waals surface area contributed by atoms with Gasteiger partial charge in [0, 0.05) is 18.0 Å². The molecule has 0 spiro atoms. The predicted molar refractivity (Wildman–Crippen MR) is 84.7 cm³/mol. The average molecular weight is 429 g/mol. The molecule has 6 nitrogen and oxygen atoms in total. The van der Waals surface area contributed by atoms with E-state index in [9.17, 15) is 22.7 Å². The fraction of sp³-hybridized carbons (Fsp3) is 0.286. The number of carbonyl (C=O) groups is 1. The number of nitrogens with zero attached hydrogens (tertiary/aromatic N) is 1. The van der Waals surface area contributed by atoms with Gasteiger partial charge in [-0.05, 0) is 34.1 Å². The highest BCUT2D eigenvalue weighted by Gasteiger charge is 2.38. The van der Waals surface area contributed by atoms with E-state index in [0.29, 0.717) is 15.8 Å². The van der Waals surface area contributed by atoms with Gasteiger partial charge in [0.2, 0.25) is 0 Å². The fourth-order valence-corrected chi connectivity index (χ4v) is 1.86. The van der Waals surface area contributed by atoms with Crippen molar-refractivity contribution in [1.29, 1.82) is 0 Å².